The number of carbonyl (C=O) groups excluding carboxylic acids is 1. The molecule has 0 unspecified atom stereocenters. The Bertz CT molecular complexity index is 352. The topological polar surface area (TPSA) is 49.7 Å². The molecule has 0 heterocycles. The lowest BCUT2D eigenvalue weighted by molar-refractivity contribution is 0.476. The highest BCUT2D eigenvalue weighted by Crippen LogP contribution is 2.29. The SMILES string of the molecule is CC(C)c1ccc(O)c(N=C=O)c1. The smallest absolute Gasteiger partial charge is 0.240 e. The molecule has 0 aliphatic carbocycles. The van der Waals surface area contributed by atoms with E-state index in [0.29, 0.717) is 5.92 Å². The van der Waals surface area contributed by atoms with Gasteiger partial charge in [-0.05, 0) is 23.6 Å². The minimum atomic E-state index is 0.00718. The van der Waals surface area contributed by atoms with Gasteiger partial charge >= 0.3 is 0 Å². The highest BCUT2D eigenvalue weighted by molar-refractivity contribution is 5.58. The molecule has 1 aromatic rings. The van der Waals surface area contributed by atoms with Gasteiger partial charge in [-0.15, -0.1) is 0 Å². The first kappa shape index (κ1) is 9.49. The van der Waals surface area contributed by atoms with Crippen LogP contribution in [0.3, 0.4) is 0 Å². The van der Waals surface area contributed by atoms with Crippen LogP contribution in [-0.2, 0) is 4.79 Å². The standard InChI is InChI=1S/C10H11NO2/c1-7(2)8-3-4-10(13)9(5-8)11-6-12/h3-5,7,13H,1-2H3. The van der Waals surface area contributed by atoms with E-state index in [1.165, 1.54) is 12.1 Å². The normalized spacial score (nSPS) is 9.77. The first-order valence-corrected chi connectivity index (χ1v) is 4.06. The second-order valence-electron chi connectivity index (χ2n) is 3.11. The van der Waals surface area contributed by atoms with Crippen LogP contribution in [0.1, 0.15) is 25.3 Å². The Hall–Kier alpha value is -1.60. The van der Waals surface area contributed by atoms with E-state index in [2.05, 4.69) is 4.99 Å². The van der Waals surface area contributed by atoms with Crippen LogP contribution in [0.2, 0.25) is 0 Å². The summed E-state index contributed by atoms with van der Waals surface area (Å²) in [6.07, 6.45) is 1.41. The number of rotatable bonds is 2. The van der Waals surface area contributed by atoms with Crippen LogP contribution in [0, 0.1) is 0 Å². The number of benzene rings is 1. The van der Waals surface area contributed by atoms with Crippen molar-refractivity contribution in [2.75, 3.05) is 0 Å². The summed E-state index contributed by atoms with van der Waals surface area (Å²) in [7, 11) is 0. The fourth-order valence-electron chi connectivity index (χ4n) is 1.04. The highest BCUT2D eigenvalue weighted by atomic mass is 16.3. The van der Waals surface area contributed by atoms with Crippen molar-refractivity contribution in [2.45, 2.75) is 19.8 Å². The maximum atomic E-state index is 10.0. The van der Waals surface area contributed by atoms with Crippen molar-refractivity contribution < 1.29 is 9.90 Å². The van der Waals surface area contributed by atoms with E-state index in [1.807, 2.05) is 19.9 Å². The number of hydrogen-bond acceptors (Lipinski definition) is 3. The van der Waals surface area contributed by atoms with Gasteiger partial charge in [0, 0.05) is 0 Å². The molecular formula is C10H11NO2. The minimum absolute atomic E-state index is 0.00718. The molecule has 1 N–H and O–H groups in total. The summed E-state index contributed by atoms with van der Waals surface area (Å²) >= 11 is 0. The summed E-state index contributed by atoms with van der Waals surface area (Å²) < 4.78 is 0. The molecule has 68 valence electrons. The molecule has 1 rings (SSSR count). The zero-order valence-electron chi connectivity index (χ0n) is 7.61. The summed E-state index contributed by atoms with van der Waals surface area (Å²) in [5, 5.41) is 9.28. The lowest BCUT2D eigenvalue weighted by Gasteiger charge is -2.05. The molecular weight excluding hydrogens is 166 g/mol. The first-order valence-electron chi connectivity index (χ1n) is 4.06. The molecule has 0 saturated heterocycles. The fraction of sp³-hybridized carbons (Fsp3) is 0.300. The number of aliphatic imine (C=N–C) groups is 1. The Kier molecular flexibility index (Phi) is 2.83. The van der Waals surface area contributed by atoms with Crippen LogP contribution < -0.4 is 0 Å². The number of aromatic hydroxyl groups is 1. The van der Waals surface area contributed by atoms with Gasteiger partial charge in [0.1, 0.15) is 11.4 Å². The van der Waals surface area contributed by atoms with Crippen LogP contribution in [0.4, 0.5) is 5.69 Å². The number of isocyanates is 1. The van der Waals surface area contributed by atoms with Crippen LogP contribution >= 0.6 is 0 Å². The molecule has 0 atom stereocenters. The number of hydrogen-bond donors (Lipinski definition) is 1. The van der Waals surface area contributed by atoms with Crippen LogP contribution in [0.5, 0.6) is 5.75 Å². The maximum Gasteiger partial charge on any atom is 0.240 e. The Morgan fingerprint density at radius 1 is 1.46 bits per heavy atom. The van der Waals surface area contributed by atoms with Crippen molar-refractivity contribution in [3.05, 3.63) is 23.8 Å². The van der Waals surface area contributed by atoms with Crippen molar-refractivity contribution >= 4 is 11.8 Å². The molecule has 0 radical (unpaired) electrons. The van der Waals surface area contributed by atoms with Gasteiger partial charge in [-0.2, -0.15) is 4.99 Å². The van der Waals surface area contributed by atoms with Crippen LogP contribution in [0.15, 0.2) is 23.2 Å². The second-order valence-corrected chi connectivity index (χ2v) is 3.11. The minimum Gasteiger partial charge on any atom is -0.506 e. The molecule has 0 saturated carbocycles. The van der Waals surface area contributed by atoms with Gasteiger partial charge in [-0.3, -0.25) is 0 Å². The Balaban J connectivity index is 3.18. The number of phenols is 1. The third-order valence-electron chi connectivity index (χ3n) is 1.83. The first-order chi connectivity index (χ1) is 6.15. The third-order valence-corrected chi connectivity index (χ3v) is 1.83. The van der Waals surface area contributed by atoms with Crippen molar-refractivity contribution in [3.8, 4) is 5.75 Å². The van der Waals surface area contributed by atoms with E-state index >= 15 is 0 Å². The van der Waals surface area contributed by atoms with Gasteiger partial charge in [0.2, 0.25) is 6.08 Å². The van der Waals surface area contributed by atoms with Gasteiger partial charge < -0.3 is 5.11 Å². The van der Waals surface area contributed by atoms with E-state index in [0.717, 1.165) is 5.56 Å². The molecule has 3 nitrogen and oxygen atoms in total. The molecule has 13 heavy (non-hydrogen) atoms. The van der Waals surface area contributed by atoms with Crippen molar-refractivity contribution in [1.29, 1.82) is 0 Å². The molecule has 0 fully saturated rings. The molecule has 1 aromatic carbocycles. The van der Waals surface area contributed by atoms with Gasteiger partial charge in [-0.1, -0.05) is 19.9 Å². The van der Waals surface area contributed by atoms with E-state index in [-0.39, 0.29) is 11.4 Å². The van der Waals surface area contributed by atoms with E-state index < -0.39 is 0 Å². The van der Waals surface area contributed by atoms with E-state index in [9.17, 15) is 9.90 Å². The maximum absolute atomic E-state index is 10.0. The fourth-order valence-corrected chi connectivity index (χ4v) is 1.04. The molecule has 0 aliphatic rings. The predicted octanol–water partition coefficient (Wildman–Crippen LogP) is 2.48. The lowest BCUT2D eigenvalue weighted by Crippen LogP contribution is -1.85. The zero-order chi connectivity index (χ0) is 9.84. The van der Waals surface area contributed by atoms with Gasteiger partial charge in [-0.25, -0.2) is 4.79 Å². The summed E-state index contributed by atoms with van der Waals surface area (Å²) in [4.78, 5) is 13.4. The predicted molar refractivity (Wildman–Crippen MR) is 50.0 cm³/mol. The summed E-state index contributed by atoms with van der Waals surface area (Å²) in [5.74, 6) is 0.356. The number of phenolic OH excluding ortho intramolecular Hbond substituents is 1. The highest BCUT2D eigenvalue weighted by Gasteiger charge is 2.03. The number of nitrogens with zero attached hydrogens (tertiary/aromatic N) is 1. The summed E-state index contributed by atoms with van der Waals surface area (Å²) in [6.45, 7) is 4.06. The van der Waals surface area contributed by atoms with E-state index in [4.69, 9.17) is 0 Å². The van der Waals surface area contributed by atoms with E-state index in [1.54, 1.807) is 6.07 Å². The average Bonchev–Trinajstić information content (AvgIpc) is 2.08. The van der Waals surface area contributed by atoms with Crippen LogP contribution in [-0.4, -0.2) is 11.2 Å². The van der Waals surface area contributed by atoms with Crippen molar-refractivity contribution in [2.24, 2.45) is 4.99 Å². The molecule has 0 bridgehead atoms. The van der Waals surface area contributed by atoms with Gasteiger partial charge in [0.15, 0.2) is 0 Å². The zero-order valence-corrected chi connectivity index (χ0v) is 7.61. The molecule has 0 spiro atoms. The van der Waals surface area contributed by atoms with Crippen molar-refractivity contribution in [1.82, 2.24) is 0 Å². The lowest BCUT2D eigenvalue weighted by atomic mass is 10.0. The van der Waals surface area contributed by atoms with Gasteiger partial charge in [0.25, 0.3) is 0 Å². The monoisotopic (exact) mass is 177 g/mol. The van der Waals surface area contributed by atoms with Gasteiger partial charge in [0.05, 0.1) is 0 Å². The molecule has 0 aliphatic heterocycles. The Morgan fingerprint density at radius 3 is 2.69 bits per heavy atom. The summed E-state index contributed by atoms with van der Waals surface area (Å²) in [5.41, 5.74) is 1.31. The third kappa shape index (κ3) is 2.17. The summed E-state index contributed by atoms with van der Waals surface area (Å²) in [6, 6.07) is 5.03. The largest absolute Gasteiger partial charge is 0.506 e. The second kappa shape index (κ2) is 3.87. The Morgan fingerprint density at radius 2 is 2.15 bits per heavy atom. The average molecular weight is 177 g/mol. The quantitative estimate of drug-likeness (QED) is 0.557. The Labute approximate surface area is 76.7 Å². The molecule has 0 amide bonds. The van der Waals surface area contributed by atoms with Crippen LogP contribution in [0.25, 0.3) is 0 Å². The molecule has 3 heteroatoms. The van der Waals surface area contributed by atoms with Crippen molar-refractivity contribution in [3.63, 3.8) is 0 Å². The molecule has 0 aromatic heterocycles.